The third kappa shape index (κ3) is 2.16. The Hall–Kier alpha value is -1.70. The second kappa shape index (κ2) is 4.01. The van der Waals surface area contributed by atoms with Crippen LogP contribution in [0.15, 0.2) is 42.6 Å². The first-order valence-corrected chi connectivity index (χ1v) is 4.67. The van der Waals surface area contributed by atoms with E-state index in [1.165, 1.54) is 0 Å². The lowest BCUT2D eigenvalue weighted by Crippen LogP contribution is -1.95. The number of aromatic nitrogens is 2. The molecule has 0 aliphatic rings. The van der Waals surface area contributed by atoms with Crippen LogP contribution in [0, 0.1) is 6.92 Å². The van der Waals surface area contributed by atoms with Crippen molar-refractivity contribution < 1.29 is 0 Å². The van der Waals surface area contributed by atoms with E-state index in [-0.39, 0.29) is 0 Å². The van der Waals surface area contributed by atoms with Crippen LogP contribution in [0.3, 0.4) is 0 Å². The van der Waals surface area contributed by atoms with E-state index < -0.39 is 0 Å². The zero-order chi connectivity index (χ0) is 9.80. The van der Waals surface area contributed by atoms with Gasteiger partial charge in [-0.25, -0.2) is 0 Å². The van der Waals surface area contributed by atoms with Gasteiger partial charge in [0, 0.05) is 29.7 Å². The molecule has 0 N–H and O–H groups in total. The summed E-state index contributed by atoms with van der Waals surface area (Å²) in [5.41, 5.74) is 3.19. The van der Waals surface area contributed by atoms with Crippen molar-refractivity contribution in [2.75, 3.05) is 0 Å². The summed E-state index contributed by atoms with van der Waals surface area (Å²) >= 11 is 0. The molecule has 0 spiro atoms. The molecule has 0 atom stereocenters. The van der Waals surface area contributed by atoms with Crippen molar-refractivity contribution >= 4 is 0 Å². The van der Waals surface area contributed by atoms with E-state index >= 15 is 0 Å². The van der Waals surface area contributed by atoms with Gasteiger partial charge in [0.25, 0.3) is 0 Å². The molecule has 0 bridgehead atoms. The molecule has 0 radical (unpaired) electrons. The van der Waals surface area contributed by atoms with Crippen molar-refractivity contribution in [3.63, 3.8) is 0 Å². The van der Waals surface area contributed by atoms with Gasteiger partial charge in [0.15, 0.2) is 0 Å². The first-order valence-electron chi connectivity index (χ1n) is 4.67. The summed E-state index contributed by atoms with van der Waals surface area (Å²) in [5, 5.41) is 0. The lowest BCUT2D eigenvalue weighted by Gasteiger charge is -2.00. The van der Waals surface area contributed by atoms with Gasteiger partial charge in [-0.15, -0.1) is 0 Å². The summed E-state index contributed by atoms with van der Waals surface area (Å²) in [4.78, 5) is 8.69. The molecular weight excluding hydrogens is 172 g/mol. The second-order valence-corrected chi connectivity index (χ2v) is 3.27. The Morgan fingerprint density at radius 3 is 2.57 bits per heavy atom. The fourth-order valence-electron chi connectivity index (χ4n) is 1.39. The van der Waals surface area contributed by atoms with Gasteiger partial charge in [-0.2, -0.15) is 0 Å². The summed E-state index contributed by atoms with van der Waals surface area (Å²) < 4.78 is 0. The van der Waals surface area contributed by atoms with Gasteiger partial charge in [-0.3, -0.25) is 9.97 Å². The van der Waals surface area contributed by atoms with Crippen LogP contribution in [0.25, 0.3) is 0 Å². The molecule has 2 aromatic heterocycles. The summed E-state index contributed by atoms with van der Waals surface area (Å²) in [6, 6.07) is 12.0. The number of rotatable bonds is 2. The maximum Gasteiger partial charge on any atom is 0.0466 e. The van der Waals surface area contributed by atoms with E-state index in [1.807, 2.05) is 49.5 Å². The third-order valence-corrected chi connectivity index (χ3v) is 2.03. The molecule has 2 heterocycles. The lowest BCUT2D eigenvalue weighted by molar-refractivity contribution is 0.992. The predicted octanol–water partition coefficient (Wildman–Crippen LogP) is 2.38. The van der Waals surface area contributed by atoms with Gasteiger partial charge in [0.05, 0.1) is 0 Å². The summed E-state index contributed by atoms with van der Waals surface area (Å²) in [6.07, 6.45) is 2.62. The first-order chi connectivity index (χ1) is 6.84. The van der Waals surface area contributed by atoms with Crippen LogP contribution in [-0.4, -0.2) is 9.97 Å². The van der Waals surface area contributed by atoms with E-state index in [4.69, 9.17) is 0 Å². The van der Waals surface area contributed by atoms with E-state index in [2.05, 4.69) is 9.97 Å². The highest BCUT2D eigenvalue weighted by Crippen LogP contribution is 2.04. The highest BCUT2D eigenvalue weighted by atomic mass is 14.7. The van der Waals surface area contributed by atoms with E-state index in [0.717, 1.165) is 23.5 Å². The van der Waals surface area contributed by atoms with Crippen molar-refractivity contribution in [3.05, 3.63) is 59.7 Å². The minimum Gasteiger partial charge on any atom is -0.261 e. The number of pyridine rings is 2. The molecule has 0 amide bonds. The van der Waals surface area contributed by atoms with Gasteiger partial charge in [0.1, 0.15) is 0 Å². The molecule has 2 heteroatoms. The average Bonchev–Trinajstić information content (AvgIpc) is 2.19. The van der Waals surface area contributed by atoms with Crippen LogP contribution in [-0.2, 0) is 6.42 Å². The molecule has 2 aromatic rings. The Morgan fingerprint density at radius 1 is 1.00 bits per heavy atom. The van der Waals surface area contributed by atoms with Crippen LogP contribution in [0.2, 0.25) is 0 Å². The number of nitrogens with zero attached hydrogens (tertiary/aromatic N) is 2. The third-order valence-electron chi connectivity index (χ3n) is 2.03. The fraction of sp³-hybridized carbons (Fsp3) is 0.167. The highest BCUT2D eigenvalue weighted by Gasteiger charge is 1.97. The zero-order valence-electron chi connectivity index (χ0n) is 8.14. The molecule has 0 aliphatic carbocycles. The fourth-order valence-corrected chi connectivity index (χ4v) is 1.39. The lowest BCUT2D eigenvalue weighted by atomic mass is 10.2. The van der Waals surface area contributed by atoms with Crippen LogP contribution >= 0.6 is 0 Å². The highest BCUT2D eigenvalue weighted by molar-refractivity contribution is 5.16. The molecule has 0 fully saturated rings. The summed E-state index contributed by atoms with van der Waals surface area (Å²) in [6.45, 7) is 2.00. The maximum absolute atomic E-state index is 4.43. The topological polar surface area (TPSA) is 25.8 Å². The maximum atomic E-state index is 4.43. The minimum atomic E-state index is 0.808. The summed E-state index contributed by atoms with van der Waals surface area (Å²) in [5.74, 6) is 0. The monoisotopic (exact) mass is 184 g/mol. The van der Waals surface area contributed by atoms with Crippen molar-refractivity contribution in [1.29, 1.82) is 0 Å². The molecule has 14 heavy (non-hydrogen) atoms. The van der Waals surface area contributed by atoms with E-state index in [9.17, 15) is 0 Å². The molecule has 2 nitrogen and oxygen atoms in total. The second-order valence-electron chi connectivity index (χ2n) is 3.27. The number of aryl methyl sites for hydroxylation is 1. The molecule has 0 saturated heterocycles. The average molecular weight is 184 g/mol. The van der Waals surface area contributed by atoms with Crippen LogP contribution in [0.1, 0.15) is 17.1 Å². The van der Waals surface area contributed by atoms with Gasteiger partial charge in [-0.1, -0.05) is 12.1 Å². The molecule has 70 valence electrons. The normalized spacial score (nSPS) is 10.1. The predicted molar refractivity (Wildman–Crippen MR) is 56.0 cm³/mol. The van der Waals surface area contributed by atoms with Gasteiger partial charge < -0.3 is 0 Å². The van der Waals surface area contributed by atoms with Crippen molar-refractivity contribution in [2.45, 2.75) is 13.3 Å². The Morgan fingerprint density at radius 2 is 1.86 bits per heavy atom. The molecule has 0 aromatic carbocycles. The molecule has 0 aliphatic heterocycles. The van der Waals surface area contributed by atoms with Crippen molar-refractivity contribution in [1.82, 2.24) is 9.97 Å². The van der Waals surface area contributed by atoms with Crippen molar-refractivity contribution in [2.24, 2.45) is 0 Å². The SMILES string of the molecule is Cc1cccc(Cc2ccccn2)n1. The first kappa shape index (κ1) is 8.88. The Bertz CT molecular complexity index is 410. The number of hydrogen-bond donors (Lipinski definition) is 0. The Balaban J connectivity index is 2.19. The quantitative estimate of drug-likeness (QED) is 0.716. The molecule has 2 rings (SSSR count). The Labute approximate surface area is 83.7 Å². The summed E-state index contributed by atoms with van der Waals surface area (Å²) in [7, 11) is 0. The standard InChI is InChI=1S/C12H12N2/c1-10-5-4-7-12(14-10)9-11-6-2-3-8-13-11/h2-8H,9H2,1H3. The van der Waals surface area contributed by atoms with Crippen LogP contribution in [0.4, 0.5) is 0 Å². The largest absolute Gasteiger partial charge is 0.261 e. The molecular formula is C12H12N2. The Kier molecular flexibility index (Phi) is 2.54. The minimum absolute atomic E-state index is 0.808. The van der Waals surface area contributed by atoms with Crippen LogP contribution in [0.5, 0.6) is 0 Å². The van der Waals surface area contributed by atoms with Gasteiger partial charge in [-0.05, 0) is 31.2 Å². The molecule has 0 unspecified atom stereocenters. The molecule has 0 saturated carbocycles. The number of hydrogen-bond acceptors (Lipinski definition) is 2. The van der Waals surface area contributed by atoms with E-state index in [0.29, 0.717) is 0 Å². The van der Waals surface area contributed by atoms with Gasteiger partial charge >= 0.3 is 0 Å². The van der Waals surface area contributed by atoms with Crippen LogP contribution < -0.4 is 0 Å². The van der Waals surface area contributed by atoms with Crippen molar-refractivity contribution in [3.8, 4) is 0 Å². The van der Waals surface area contributed by atoms with E-state index in [1.54, 1.807) is 0 Å². The van der Waals surface area contributed by atoms with Gasteiger partial charge in [0.2, 0.25) is 0 Å². The zero-order valence-corrected chi connectivity index (χ0v) is 8.14. The smallest absolute Gasteiger partial charge is 0.0466 e.